The van der Waals surface area contributed by atoms with Gasteiger partial charge in [-0.05, 0) is 31.7 Å². The minimum atomic E-state index is 0.0592. The van der Waals surface area contributed by atoms with Gasteiger partial charge in [-0.2, -0.15) is 0 Å². The Kier molecular flexibility index (Phi) is 7.29. The number of amides is 2. The van der Waals surface area contributed by atoms with Crippen molar-refractivity contribution in [2.45, 2.75) is 52.5 Å². The van der Waals surface area contributed by atoms with Crippen LogP contribution >= 0.6 is 0 Å². The van der Waals surface area contributed by atoms with Crippen molar-refractivity contribution in [1.29, 1.82) is 0 Å². The topological polar surface area (TPSA) is 40.6 Å². The molecular weight excluding hydrogens is 300 g/mol. The Morgan fingerprint density at radius 1 is 1.12 bits per heavy atom. The summed E-state index contributed by atoms with van der Waals surface area (Å²) >= 11 is 0. The molecule has 24 heavy (non-hydrogen) atoms. The molecule has 0 N–H and O–H groups in total. The van der Waals surface area contributed by atoms with Gasteiger partial charge in [-0.15, -0.1) is 0 Å². The highest BCUT2D eigenvalue weighted by atomic mass is 16.2. The number of carbonyl (C=O) groups excluding carboxylic acids is 2. The van der Waals surface area contributed by atoms with E-state index in [1.165, 1.54) is 5.56 Å². The second kappa shape index (κ2) is 9.45. The Morgan fingerprint density at radius 3 is 2.38 bits per heavy atom. The first-order valence-corrected chi connectivity index (χ1v) is 9.26. The van der Waals surface area contributed by atoms with E-state index in [4.69, 9.17) is 0 Å². The van der Waals surface area contributed by atoms with Gasteiger partial charge in [-0.1, -0.05) is 43.7 Å². The highest BCUT2D eigenvalue weighted by Crippen LogP contribution is 2.21. The first-order valence-electron chi connectivity index (χ1n) is 9.26. The first kappa shape index (κ1) is 18.5. The second-order valence-corrected chi connectivity index (χ2v) is 6.60. The molecule has 4 heteroatoms. The summed E-state index contributed by atoms with van der Waals surface area (Å²) in [5, 5.41) is 0. The van der Waals surface area contributed by atoms with Crippen LogP contribution in [0.4, 0.5) is 0 Å². The zero-order chi connectivity index (χ0) is 17.4. The van der Waals surface area contributed by atoms with Gasteiger partial charge in [0, 0.05) is 38.5 Å². The Morgan fingerprint density at radius 2 is 1.79 bits per heavy atom. The van der Waals surface area contributed by atoms with Crippen LogP contribution in [-0.2, 0) is 16.1 Å². The van der Waals surface area contributed by atoms with Crippen molar-refractivity contribution in [3.05, 3.63) is 35.9 Å². The maximum Gasteiger partial charge on any atom is 0.226 e. The van der Waals surface area contributed by atoms with Gasteiger partial charge in [0.05, 0.1) is 0 Å². The smallest absolute Gasteiger partial charge is 0.226 e. The van der Waals surface area contributed by atoms with Gasteiger partial charge in [-0.3, -0.25) is 9.59 Å². The van der Waals surface area contributed by atoms with E-state index < -0.39 is 0 Å². The van der Waals surface area contributed by atoms with Crippen molar-refractivity contribution in [2.24, 2.45) is 5.92 Å². The SMILES string of the molecule is CCCCC(=O)N1CCC(C(=O)N(CC)Cc2ccccc2)CC1. The summed E-state index contributed by atoms with van der Waals surface area (Å²) < 4.78 is 0. The molecule has 0 aliphatic carbocycles. The maximum absolute atomic E-state index is 12.8. The van der Waals surface area contributed by atoms with Crippen molar-refractivity contribution in [3.8, 4) is 0 Å². The molecule has 0 saturated carbocycles. The Bertz CT molecular complexity index is 522. The fraction of sp³-hybridized carbons (Fsp3) is 0.600. The summed E-state index contributed by atoms with van der Waals surface area (Å²) in [5.74, 6) is 0.547. The zero-order valence-electron chi connectivity index (χ0n) is 15.0. The van der Waals surface area contributed by atoms with E-state index in [0.717, 1.165) is 45.3 Å². The highest BCUT2D eigenvalue weighted by Gasteiger charge is 2.29. The number of hydrogen-bond donors (Lipinski definition) is 0. The third-order valence-electron chi connectivity index (χ3n) is 4.85. The monoisotopic (exact) mass is 330 g/mol. The molecule has 0 bridgehead atoms. The summed E-state index contributed by atoms with van der Waals surface area (Å²) in [6, 6.07) is 10.1. The zero-order valence-corrected chi connectivity index (χ0v) is 15.0. The van der Waals surface area contributed by atoms with E-state index in [1.54, 1.807) is 0 Å². The number of rotatable bonds is 7. The van der Waals surface area contributed by atoms with Gasteiger partial charge in [0.15, 0.2) is 0 Å². The summed E-state index contributed by atoms with van der Waals surface area (Å²) in [5.41, 5.74) is 1.17. The fourth-order valence-electron chi connectivity index (χ4n) is 3.27. The number of likely N-dealkylation sites (tertiary alicyclic amines) is 1. The van der Waals surface area contributed by atoms with Crippen molar-refractivity contribution in [2.75, 3.05) is 19.6 Å². The van der Waals surface area contributed by atoms with Gasteiger partial charge in [-0.25, -0.2) is 0 Å². The lowest BCUT2D eigenvalue weighted by atomic mass is 9.94. The molecule has 0 spiro atoms. The van der Waals surface area contributed by atoms with Crippen molar-refractivity contribution < 1.29 is 9.59 Å². The first-order chi connectivity index (χ1) is 11.7. The quantitative estimate of drug-likeness (QED) is 0.768. The van der Waals surface area contributed by atoms with Gasteiger partial charge in [0.25, 0.3) is 0 Å². The third kappa shape index (κ3) is 5.08. The van der Waals surface area contributed by atoms with Crippen molar-refractivity contribution >= 4 is 11.8 Å². The number of nitrogens with zero attached hydrogens (tertiary/aromatic N) is 2. The van der Waals surface area contributed by atoms with Crippen LogP contribution in [-0.4, -0.2) is 41.2 Å². The Balaban J connectivity index is 1.85. The van der Waals surface area contributed by atoms with Gasteiger partial charge in [0.1, 0.15) is 0 Å². The summed E-state index contributed by atoms with van der Waals surface area (Å²) in [6.45, 7) is 6.98. The number of piperidine rings is 1. The second-order valence-electron chi connectivity index (χ2n) is 6.60. The molecule has 1 aromatic rings. The average molecular weight is 330 g/mol. The van der Waals surface area contributed by atoms with E-state index >= 15 is 0 Å². The Labute approximate surface area is 145 Å². The van der Waals surface area contributed by atoms with Gasteiger partial charge >= 0.3 is 0 Å². The van der Waals surface area contributed by atoms with E-state index in [9.17, 15) is 9.59 Å². The molecule has 2 amide bonds. The van der Waals surface area contributed by atoms with Crippen LogP contribution in [0.3, 0.4) is 0 Å². The molecule has 4 nitrogen and oxygen atoms in total. The molecule has 132 valence electrons. The minimum absolute atomic E-state index is 0.0592. The van der Waals surface area contributed by atoms with Crippen LogP contribution in [0, 0.1) is 5.92 Å². The third-order valence-corrected chi connectivity index (χ3v) is 4.85. The average Bonchev–Trinajstić information content (AvgIpc) is 2.64. The standard InChI is InChI=1S/C20H30N2O2/c1-3-5-11-19(23)22-14-12-18(13-15-22)20(24)21(4-2)16-17-9-7-6-8-10-17/h6-10,18H,3-5,11-16H2,1-2H3. The van der Waals surface area contributed by atoms with Gasteiger partial charge < -0.3 is 9.80 Å². The van der Waals surface area contributed by atoms with Crippen LogP contribution in [0.1, 0.15) is 51.5 Å². The number of benzene rings is 1. The molecule has 0 radical (unpaired) electrons. The molecule has 1 aromatic carbocycles. The van der Waals surface area contributed by atoms with Crippen molar-refractivity contribution in [1.82, 2.24) is 9.80 Å². The number of unbranched alkanes of at least 4 members (excludes halogenated alkanes) is 1. The van der Waals surface area contributed by atoms with Crippen LogP contribution in [0.25, 0.3) is 0 Å². The summed E-state index contributed by atoms with van der Waals surface area (Å²) in [7, 11) is 0. The predicted octanol–water partition coefficient (Wildman–Crippen LogP) is 3.46. The lowest BCUT2D eigenvalue weighted by Crippen LogP contribution is -2.44. The van der Waals surface area contributed by atoms with E-state index in [1.807, 2.05) is 34.9 Å². The molecular formula is C20H30N2O2. The largest absolute Gasteiger partial charge is 0.343 e. The van der Waals surface area contributed by atoms with Crippen LogP contribution in [0.15, 0.2) is 30.3 Å². The molecule has 1 aliphatic rings. The molecule has 2 rings (SSSR count). The molecule has 1 aliphatic heterocycles. The van der Waals surface area contributed by atoms with Crippen LogP contribution in [0.2, 0.25) is 0 Å². The molecule has 1 saturated heterocycles. The lowest BCUT2D eigenvalue weighted by Gasteiger charge is -2.34. The molecule has 1 heterocycles. The highest BCUT2D eigenvalue weighted by molar-refractivity contribution is 5.80. The molecule has 0 unspecified atom stereocenters. The molecule has 0 atom stereocenters. The fourth-order valence-corrected chi connectivity index (χ4v) is 3.27. The van der Waals surface area contributed by atoms with Crippen LogP contribution in [0.5, 0.6) is 0 Å². The van der Waals surface area contributed by atoms with E-state index in [2.05, 4.69) is 19.1 Å². The number of hydrogen-bond acceptors (Lipinski definition) is 2. The maximum atomic E-state index is 12.8. The normalized spacial score (nSPS) is 15.3. The predicted molar refractivity (Wildman–Crippen MR) is 96.4 cm³/mol. The lowest BCUT2D eigenvalue weighted by molar-refractivity contribution is -0.141. The Hall–Kier alpha value is -1.84. The molecule has 1 fully saturated rings. The number of carbonyl (C=O) groups is 2. The van der Waals surface area contributed by atoms with Crippen LogP contribution < -0.4 is 0 Å². The minimum Gasteiger partial charge on any atom is -0.343 e. The van der Waals surface area contributed by atoms with E-state index in [0.29, 0.717) is 13.0 Å². The summed E-state index contributed by atoms with van der Waals surface area (Å²) in [4.78, 5) is 28.8. The van der Waals surface area contributed by atoms with Crippen molar-refractivity contribution in [3.63, 3.8) is 0 Å². The summed E-state index contributed by atoms with van der Waals surface area (Å²) in [6.07, 6.45) is 4.23. The van der Waals surface area contributed by atoms with E-state index in [-0.39, 0.29) is 17.7 Å². The molecule has 0 aromatic heterocycles. The van der Waals surface area contributed by atoms with Gasteiger partial charge in [0.2, 0.25) is 11.8 Å².